The van der Waals surface area contributed by atoms with E-state index in [1.165, 1.54) is 13.2 Å². The van der Waals surface area contributed by atoms with Gasteiger partial charge in [0.15, 0.2) is 0 Å². The molecule has 0 atom stereocenters. The van der Waals surface area contributed by atoms with E-state index in [4.69, 9.17) is 9.84 Å². The molecule has 0 aromatic carbocycles. The molecule has 0 aliphatic rings. The van der Waals surface area contributed by atoms with Crippen LogP contribution in [0, 0.1) is 6.92 Å². The van der Waals surface area contributed by atoms with Crippen LogP contribution in [0.2, 0.25) is 0 Å². The molecule has 1 aromatic rings. The van der Waals surface area contributed by atoms with Crippen molar-refractivity contribution in [3.8, 4) is 11.8 Å². The molecule has 0 bridgehead atoms. The molecular weight excluding hydrogens is 174 g/mol. The van der Waals surface area contributed by atoms with Crippen LogP contribution in [0.5, 0.6) is 11.8 Å². The molecule has 0 radical (unpaired) electrons. The summed E-state index contributed by atoms with van der Waals surface area (Å²) in [6.45, 7) is 1.79. The minimum atomic E-state index is -1.39. The number of ether oxygens (including phenoxy) is 2. The van der Waals surface area contributed by atoms with Gasteiger partial charge in [0.25, 0.3) is 0 Å². The van der Waals surface area contributed by atoms with Gasteiger partial charge in [-0.15, -0.1) is 0 Å². The fourth-order valence-electron chi connectivity index (χ4n) is 0.851. The van der Waals surface area contributed by atoms with E-state index in [1.807, 2.05) is 0 Å². The standard InChI is InChI=1S/C8H9NO4/c1-5-3-6(12-2)9-7(4-5)13-8(10)11/h3-4H,1-2H3,(H,10,11). The van der Waals surface area contributed by atoms with E-state index in [0.717, 1.165) is 5.56 Å². The van der Waals surface area contributed by atoms with Gasteiger partial charge in [-0.1, -0.05) is 0 Å². The highest BCUT2D eigenvalue weighted by Crippen LogP contribution is 2.16. The topological polar surface area (TPSA) is 68.7 Å². The maximum Gasteiger partial charge on any atom is 0.512 e. The molecule has 0 aliphatic heterocycles. The van der Waals surface area contributed by atoms with Crippen molar-refractivity contribution in [2.75, 3.05) is 7.11 Å². The molecule has 0 unspecified atom stereocenters. The molecule has 0 saturated carbocycles. The van der Waals surface area contributed by atoms with Gasteiger partial charge in [0, 0.05) is 12.1 Å². The van der Waals surface area contributed by atoms with E-state index >= 15 is 0 Å². The highest BCUT2D eigenvalue weighted by Gasteiger charge is 2.05. The number of nitrogens with zero attached hydrogens (tertiary/aromatic N) is 1. The van der Waals surface area contributed by atoms with Gasteiger partial charge in [0.05, 0.1) is 7.11 Å². The Kier molecular flexibility index (Phi) is 2.69. The molecule has 0 spiro atoms. The van der Waals surface area contributed by atoms with Crippen molar-refractivity contribution in [3.63, 3.8) is 0 Å². The highest BCUT2D eigenvalue weighted by atomic mass is 16.7. The summed E-state index contributed by atoms with van der Waals surface area (Å²) < 4.78 is 9.20. The van der Waals surface area contributed by atoms with Gasteiger partial charge >= 0.3 is 6.16 Å². The molecule has 5 nitrogen and oxygen atoms in total. The van der Waals surface area contributed by atoms with Crippen molar-refractivity contribution in [1.82, 2.24) is 4.98 Å². The Balaban J connectivity index is 2.94. The van der Waals surface area contributed by atoms with E-state index in [0.29, 0.717) is 5.88 Å². The summed E-state index contributed by atoms with van der Waals surface area (Å²) in [6, 6.07) is 3.19. The second-order valence-electron chi connectivity index (χ2n) is 2.39. The summed E-state index contributed by atoms with van der Waals surface area (Å²) in [5.41, 5.74) is 0.822. The van der Waals surface area contributed by atoms with Gasteiger partial charge < -0.3 is 14.6 Å². The molecule has 1 rings (SSSR count). The Morgan fingerprint density at radius 1 is 1.46 bits per heavy atom. The molecule has 70 valence electrons. The van der Waals surface area contributed by atoms with E-state index in [1.54, 1.807) is 13.0 Å². The largest absolute Gasteiger partial charge is 0.512 e. The smallest absolute Gasteiger partial charge is 0.481 e. The Hall–Kier alpha value is -1.78. The Morgan fingerprint density at radius 2 is 2.08 bits per heavy atom. The number of hydrogen-bond acceptors (Lipinski definition) is 4. The van der Waals surface area contributed by atoms with Crippen LogP contribution in [-0.2, 0) is 0 Å². The van der Waals surface area contributed by atoms with Crippen molar-refractivity contribution < 1.29 is 19.4 Å². The minimum Gasteiger partial charge on any atom is -0.481 e. The van der Waals surface area contributed by atoms with Crippen molar-refractivity contribution in [3.05, 3.63) is 17.7 Å². The number of aromatic nitrogens is 1. The zero-order valence-corrected chi connectivity index (χ0v) is 7.27. The van der Waals surface area contributed by atoms with Crippen molar-refractivity contribution in [2.24, 2.45) is 0 Å². The molecule has 5 heteroatoms. The normalized spacial score (nSPS) is 9.38. The number of methoxy groups -OCH3 is 1. The third kappa shape index (κ3) is 2.62. The van der Waals surface area contributed by atoms with E-state index in [9.17, 15) is 4.79 Å². The van der Waals surface area contributed by atoms with Gasteiger partial charge in [0.1, 0.15) is 0 Å². The molecule has 0 aliphatic carbocycles. The zero-order valence-electron chi connectivity index (χ0n) is 7.27. The first-order valence-electron chi connectivity index (χ1n) is 3.55. The third-order valence-corrected chi connectivity index (χ3v) is 1.32. The SMILES string of the molecule is COc1cc(C)cc(OC(=O)O)n1. The lowest BCUT2D eigenvalue weighted by Gasteiger charge is -2.03. The first-order valence-corrected chi connectivity index (χ1v) is 3.55. The maximum absolute atomic E-state index is 10.2. The van der Waals surface area contributed by atoms with Crippen LogP contribution in [-0.4, -0.2) is 23.4 Å². The fraction of sp³-hybridized carbons (Fsp3) is 0.250. The van der Waals surface area contributed by atoms with Gasteiger partial charge in [-0.3, -0.25) is 0 Å². The van der Waals surface area contributed by atoms with Crippen molar-refractivity contribution in [2.45, 2.75) is 6.92 Å². The third-order valence-electron chi connectivity index (χ3n) is 1.32. The molecule has 1 N–H and O–H groups in total. The summed E-state index contributed by atoms with van der Waals surface area (Å²) in [5.74, 6) is 0.348. The average molecular weight is 183 g/mol. The summed E-state index contributed by atoms with van der Waals surface area (Å²) in [6.07, 6.45) is -1.39. The first kappa shape index (κ1) is 9.31. The lowest BCUT2D eigenvalue weighted by molar-refractivity contribution is 0.142. The Labute approximate surface area is 74.9 Å². The van der Waals surface area contributed by atoms with Crippen molar-refractivity contribution >= 4 is 6.16 Å². The Morgan fingerprint density at radius 3 is 2.62 bits per heavy atom. The first-order chi connectivity index (χ1) is 6.11. The van der Waals surface area contributed by atoms with Crippen LogP contribution in [0.1, 0.15) is 5.56 Å². The predicted molar refractivity (Wildman–Crippen MR) is 44.2 cm³/mol. The van der Waals surface area contributed by atoms with Crippen LogP contribution in [0.4, 0.5) is 4.79 Å². The molecule has 0 amide bonds. The monoisotopic (exact) mass is 183 g/mol. The van der Waals surface area contributed by atoms with Crippen LogP contribution < -0.4 is 9.47 Å². The maximum atomic E-state index is 10.2. The summed E-state index contributed by atoms with van der Waals surface area (Å²) >= 11 is 0. The minimum absolute atomic E-state index is 0.0179. The molecular formula is C8H9NO4. The quantitative estimate of drug-likeness (QED) is 0.703. The van der Waals surface area contributed by atoms with Crippen molar-refractivity contribution in [1.29, 1.82) is 0 Å². The van der Waals surface area contributed by atoms with Crippen LogP contribution in [0.25, 0.3) is 0 Å². The second-order valence-corrected chi connectivity index (χ2v) is 2.39. The summed E-state index contributed by atoms with van der Waals surface area (Å²) in [4.78, 5) is 13.9. The van der Waals surface area contributed by atoms with E-state index in [2.05, 4.69) is 9.72 Å². The number of aryl methyl sites for hydroxylation is 1. The highest BCUT2D eigenvalue weighted by molar-refractivity contribution is 5.60. The van der Waals surface area contributed by atoms with Gasteiger partial charge in [-0.25, -0.2) is 4.79 Å². The zero-order chi connectivity index (χ0) is 9.84. The van der Waals surface area contributed by atoms with E-state index in [-0.39, 0.29) is 5.88 Å². The fourth-order valence-corrected chi connectivity index (χ4v) is 0.851. The lowest BCUT2D eigenvalue weighted by atomic mass is 10.3. The van der Waals surface area contributed by atoms with Crippen LogP contribution in [0.15, 0.2) is 12.1 Å². The number of pyridine rings is 1. The predicted octanol–water partition coefficient (Wildman–Crippen LogP) is 1.46. The average Bonchev–Trinajstić information content (AvgIpc) is 2.01. The second kappa shape index (κ2) is 3.75. The van der Waals surface area contributed by atoms with Crippen LogP contribution in [0.3, 0.4) is 0 Å². The Bertz CT molecular complexity index is 324. The molecule has 1 heterocycles. The summed E-state index contributed by atoms with van der Waals surface area (Å²) in [7, 11) is 1.45. The van der Waals surface area contributed by atoms with Crippen LogP contribution >= 0.6 is 0 Å². The van der Waals surface area contributed by atoms with Gasteiger partial charge in [-0.05, 0) is 12.5 Å². The van der Waals surface area contributed by atoms with E-state index < -0.39 is 6.16 Å². The molecule has 0 fully saturated rings. The number of hydrogen-bond donors (Lipinski definition) is 1. The number of carboxylic acid groups (broad SMARTS) is 1. The number of rotatable bonds is 2. The van der Waals surface area contributed by atoms with Gasteiger partial charge in [-0.2, -0.15) is 4.98 Å². The molecule has 1 aromatic heterocycles. The van der Waals surface area contributed by atoms with Gasteiger partial charge in [0.2, 0.25) is 11.8 Å². The molecule has 0 saturated heterocycles. The molecule has 13 heavy (non-hydrogen) atoms. The lowest BCUT2D eigenvalue weighted by Crippen LogP contribution is -2.05. The summed E-state index contributed by atoms with van der Waals surface area (Å²) in [5, 5.41) is 8.32. The number of carbonyl (C=O) groups is 1.